The number of benzene rings is 2. The van der Waals surface area contributed by atoms with Gasteiger partial charge >= 0.3 is 6.18 Å². The number of alkyl halides is 3. The molecular weight excluding hydrogens is 486 g/mol. The first kappa shape index (κ1) is 24.8. The Balaban J connectivity index is 1.65. The molecule has 5 N–H and O–H groups in total. The Morgan fingerprint density at radius 1 is 1.25 bits per heavy atom. The van der Waals surface area contributed by atoms with E-state index in [9.17, 15) is 27.2 Å². The van der Waals surface area contributed by atoms with Crippen LogP contribution < -0.4 is 26.3 Å². The molecule has 0 saturated heterocycles. The number of hydrogen-bond acceptors (Lipinski definition) is 6. The van der Waals surface area contributed by atoms with Crippen molar-refractivity contribution in [1.82, 2.24) is 15.1 Å². The zero-order chi connectivity index (χ0) is 26.4. The molecule has 4 rings (SSSR count). The summed E-state index contributed by atoms with van der Waals surface area (Å²) in [5.41, 5.74) is 11.5. The van der Waals surface area contributed by atoms with Crippen LogP contribution in [0, 0.1) is 5.82 Å². The zero-order valence-corrected chi connectivity index (χ0v) is 19.0. The Morgan fingerprint density at radius 3 is 2.61 bits per heavy atom. The molecule has 190 valence electrons. The average Bonchev–Trinajstić information content (AvgIpc) is 3.38. The minimum Gasteiger partial charge on any atom is -0.496 e. The van der Waals surface area contributed by atoms with E-state index >= 15 is 0 Å². The fraction of sp³-hybridized carbons (Fsp3) is 0.261. The molecule has 2 aromatic carbocycles. The van der Waals surface area contributed by atoms with Crippen molar-refractivity contribution in [3.63, 3.8) is 0 Å². The fourth-order valence-corrected chi connectivity index (χ4v) is 3.90. The summed E-state index contributed by atoms with van der Waals surface area (Å²) in [7, 11) is 1.35. The Kier molecular flexibility index (Phi) is 6.24. The number of hydrogen-bond donors (Lipinski definition) is 3. The number of carbonyl (C=O) groups excluding carboxylic acids is 2. The highest BCUT2D eigenvalue weighted by atomic mass is 19.4. The van der Waals surface area contributed by atoms with Crippen LogP contribution in [0.25, 0.3) is 11.3 Å². The predicted molar refractivity (Wildman–Crippen MR) is 120 cm³/mol. The average molecular weight is 507 g/mol. The molecule has 36 heavy (non-hydrogen) atoms. The van der Waals surface area contributed by atoms with Gasteiger partial charge in [-0.3, -0.25) is 9.59 Å². The Labute approximate surface area is 202 Å². The first-order chi connectivity index (χ1) is 16.9. The van der Waals surface area contributed by atoms with E-state index < -0.39 is 41.7 Å². The number of nitrogen functional groups attached to an aromatic ring is 1. The van der Waals surface area contributed by atoms with Crippen LogP contribution in [0.1, 0.15) is 45.3 Å². The topological polar surface area (TPSA) is 134 Å². The van der Waals surface area contributed by atoms with Gasteiger partial charge in [-0.05, 0) is 31.2 Å². The van der Waals surface area contributed by atoms with E-state index in [0.29, 0.717) is 16.0 Å². The Hall–Kier alpha value is -4.29. The smallest absolute Gasteiger partial charge is 0.410 e. The largest absolute Gasteiger partial charge is 0.496 e. The van der Waals surface area contributed by atoms with Crippen molar-refractivity contribution in [2.75, 3.05) is 19.5 Å². The first-order valence-corrected chi connectivity index (χ1v) is 10.6. The number of nitrogens with two attached hydrogens (primary N) is 2. The maximum absolute atomic E-state index is 13.7. The van der Waals surface area contributed by atoms with Gasteiger partial charge in [-0.25, -0.2) is 9.07 Å². The molecule has 1 aliphatic rings. The highest BCUT2D eigenvalue weighted by molar-refractivity contribution is 6.03. The van der Waals surface area contributed by atoms with Gasteiger partial charge in [0.15, 0.2) is 0 Å². The predicted octanol–water partition coefficient (Wildman–Crippen LogP) is 3.37. The van der Waals surface area contributed by atoms with Gasteiger partial charge in [0.2, 0.25) is 0 Å². The molecule has 2 heterocycles. The maximum atomic E-state index is 13.7. The van der Waals surface area contributed by atoms with Crippen LogP contribution in [0.2, 0.25) is 0 Å². The third kappa shape index (κ3) is 4.39. The summed E-state index contributed by atoms with van der Waals surface area (Å²) in [5.74, 6) is -2.28. The number of aromatic nitrogens is 2. The van der Waals surface area contributed by atoms with Gasteiger partial charge in [0, 0.05) is 11.1 Å². The molecule has 2 amide bonds. The van der Waals surface area contributed by atoms with Crippen molar-refractivity contribution in [3.8, 4) is 22.8 Å². The molecule has 9 nitrogen and oxygen atoms in total. The second-order valence-corrected chi connectivity index (χ2v) is 8.07. The van der Waals surface area contributed by atoms with Gasteiger partial charge in [-0.2, -0.15) is 18.3 Å². The van der Waals surface area contributed by atoms with Crippen LogP contribution >= 0.6 is 0 Å². The number of ether oxygens (including phenoxy) is 2. The van der Waals surface area contributed by atoms with Gasteiger partial charge in [-0.1, -0.05) is 12.1 Å². The minimum absolute atomic E-state index is 0.00605. The van der Waals surface area contributed by atoms with Crippen molar-refractivity contribution in [3.05, 3.63) is 58.9 Å². The van der Waals surface area contributed by atoms with Crippen molar-refractivity contribution >= 4 is 17.6 Å². The highest BCUT2D eigenvalue weighted by Gasteiger charge is 2.40. The second kappa shape index (κ2) is 9.06. The maximum Gasteiger partial charge on any atom is 0.410 e. The number of rotatable bonds is 6. The quantitative estimate of drug-likeness (QED) is 0.438. The number of primary amides is 1. The molecule has 2 atom stereocenters. The SMILES string of the molecule is COc1ccc(F)cc1C(=O)N[C@@H]1COc2cc(-c3nn(C(C)C(F)(F)F)c(N)c3C(N)=O)ccc21. The van der Waals surface area contributed by atoms with Crippen molar-refractivity contribution < 1.29 is 36.6 Å². The molecular formula is C23H21F4N5O4. The lowest BCUT2D eigenvalue weighted by atomic mass is 10.0. The van der Waals surface area contributed by atoms with Crippen LogP contribution in [0.15, 0.2) is 36.4 Å². The molecule has 1 unspecified atom stereocenters. The summed E-state index contributed by atoms with van der Waals surface area (Å²) < 4.78 is 64.7. The van der Waals surface area contributed by atoms with E-state index in [1.165, 1.54) is 25.3 Å². The molecule has 13 heteroatoms. The van der Waals surface area contributed by atoms with Crippen molar-refractivity contribution in [2.45, 2.75) is 25.2 Å². The summed E-state index contributed by atoms with van der Waals surface area (Å²) >= 11 is 0. The number of anilines is 1. The molecule has 0 radical (unpaired) electrons. The molecule has 0 spiro atoms. The number of methoxy groups -OCH3 is 1. The Bertz CT molecular complexity index is 1360. The molecule has 0 aliphatic carbocycles. The van der Waals surface area contributed by atoms with E-state index in [-0.39, 0.29) is 34.7 Å². The zero-order valence-electron chi connectivity index (χ0n) is 19.0. The number of amides is 2. The summed E-state index contributed by atoms with van der Waals surface area (Å²) in [6.07, 6.45) is -4.66. The molecule has 0 fully saturated rings. The van der Waals surface area contributed by atoms with E-state index in [0.717, 1.165) is 19.1 Å². The van der Waals surface area contributed by atoms with E-state index in [2.05, 4.69) is 10.4 Å². The lowest BCUT2D eigenvalue weighted by Crippen LogP contribution is -2.29. The van der Waals surface area contributed by atoms with Gasteiger partial charge in [-0.15, -0.1) is 0 Å². The third-order valence-electron chi connectivity index (χ3n) is 5.81. The number of nitrogens with zero attached hydrogens (tertiary/aromatic N) is 2. The van der Waals surface area contributed by atoms with Crippen LogP contribution in [0.5, 0.6) is 11.5 Å². The Morgan fingerprint density at radius 2 is 1.97 bits per heavy atom. The fourth-order valence-electron chi connectivity index (χ4n) is 3.90. The molecule has 0 bridgehead atoms. The van der Waals surface area contributed by atoms with Gasteiger partial charge in [0.05, 0.1) is 18.7 Å². The van der Waals surface area contributed by atoms with Crippen molar-refractivity contribution in [2.24, 2.45) is 5.73 Å². The van der Waals surface area contributed by atoms with Gasteiger partial charge < -0.3 is 26.3 Å². The number of fused-ring (bicyclic) bond motifs is 1. The first-order valence-electron chi connectivity index (χ1n) is 10.6. The van der Waals surface area contributed by atoms with Gasteiger partial charge in [0.1, 0.15) is 47.0 Å². The number of halogens is 4. The number of nitrogens with one attached hydrogen (secondary N) is 1. The molecule has 0 saturated carbocycles. The minimum atomic E-state index is -4.66. The van der Waals surface area contributed by atoms with Crippen LogP contribution in [-0.4, -0.2) is 41.5 Å². The van der Waals surface area contributed by atoms with E-state index in [4.69, 9.17) is 20.9 Å². The standard InChI is InChI=1S/C23H21F4N5O4/c1-10(23(25,26)27)32-20(28)18(21(29)33)19(31-32)11-3-5-13-15(9-36-17(13)7-11)30-22(34)14-8-12(24)4-6-16(14)35-2/h3-8,10,15H,9,28H2,1-2H3,(H2,29,33)(H,30,34)/t10?,15-/m1/s1. The summed E-state index contributed by atoms with van der Waals surface area (Å²) in [6.45, 7) is 0.886. The second-order valence-electron chi connectivity index (χ2n) is 8.07. The lowest BCUT2D eigenvalue weighted by Gasteiger charge is -2.17. The molecule has 3 aromatic rings. The third-order valence-corrected chi connectivity index (χ3v) is 5.81. The summed E-state index contributed by atoms with van der Waals surface area (Å²) in [4.78, 5) is 24.8. The molecule has 1 aliphatic heterocycles. The van der Waals surface area contributed by atoms with Gasteiger partial charge in [0.25, 0.3) is 11.8 Å². The van der Waals surface area contributed by atoms with E-state index in [1.54, 1.807) is 6.07 Å². The van der Waals surface area contributed by atoms with Crippen molar-refractivity contribution in [1.29, 1.82) is 0 Å². The van der Waals surface area contributed by atoms with Crippen LogP contribution in [0.4, 0.5) is 23.4 Å². The summed E-state index contributed by atoms with van der Waals surface area (Å²) in [5, 5.41) is 6.66. The highest BCUT2D eigenvalue weighted by Crippen LogP contribution is 2.39. The normalized spacial score (nSPS) is 15.7. The number of carbonyl (C=O) groups is 2. The summed E-state index contributed by atoms with van der Waals surface area (Å²) in [6, 6.07) is 5.34. The van der Waals surface area contributed by atoms with Crippen LogP contribution in [-0.2, 0) is 0 Å². The lowest BCUT2D eigenvalue weighted by molar-refractivity contribution is -0.164. The van der Waals surface area contributed by atoms with Crippen LogP contribution in [0.3, 0.4) is 0 Å². The monoisotopic (exact) mass is 507 g/mol. The van der Waals surface area contributed by atoms with E-state index in [1.807, 2.05) is 0 Å². The molecule has 1 aromatic heterocycles.